The highest BCUT2D eigenvalue weighted by Crippen LogP contribution is 2.20. The smallest absolute Gasteiger partial charge is 0.0599 e. The molecule has 1 saturated heterocycles. The molecule has 0 aromatic carbocycles. The van der Waals surface area contributed by atoms with Crippen LogP contribution in [-0.4, -0.2) is 37.2 Å². The lowest BCUT2D eigenvalue weighted by Gasteiger charge is -2.31. The zero-order chi connectivity index (χ0) is 12.8. The van der Waals surface area contributed by atoms with Crippen LogP contribution in [-0.2, 0) is 11.3 Å². The Labute approximate surface area is 114 Å². The van der Waals surface area contributed by atoms with Crippen molar-refractivity contribution in [3.8, 4) is 0 Å². The van der Waals surface area contributed by atoms with Crippen LogP contribution in [0.15, 0.2) is 12.1 Å². The number of nitrogens with zero attached hydrogens (tertiary/aromatic N) is 1. The molecular weight excluding hydrogens is 244 g/mol. The SMILES string of the molecule is Cc1ccc(CN2CCC(OCCCN)CC2)s1. The van der Waals surface area contributed by atoms with E-state index in [1.165, 1.54) is 9.75 Å². The molecule has 0 aliphatic carbocycles. The second kappa shape index (κ2) is 7.24. The molecule has 102 valence electrons. The monoisotopic (exact) mass is 268 g/mol. The molecule has 4 heteroatoms. The maximum absolute atomic E-state index is 5.82. The summed E-state index contributed by atoms with van der Waals surface area (Å²) in [7, 11) is 0. The second-order valence-corrected chi connectivity index (χ2v) is 6.37. The lowest BCUT2D eigenvalue weighted by molar-refractivity contribution is 0.00582. The molecule has 0 radical (unpaired) electrons. The first-order chi connectivity index (χ1) is 8.78. The number of ether oxygens (including phenoxy) is 1. The van der Waals surface area contributed by atoms with Gasteiger partial charge >= 0.3 is 0 Å². The molecule has 1 aliphatic heterocycles. The van der Waals surface area contributed by atoms with Gasteiger partial charge in [-0.15, -0.1) is 11.3 Å². The van der Waals surface area contributed by atoms with E-state index >= 15 is 0 Å². The summed E-state index contributed by atoms with van der Waals surface area (Å²) in [4.78, 5) is 5.42. The number of hydrogen-bond acceptors (Lipinski definition) is 4. The first-order valence-corrected chi connectivity index (χ1v) is 7.69. The van der Waals surface area contributed by atoms with Crippen LogP contribution in [0.25, 0.3) is 0 Å². The molecule has 1 aliphatic rings. The highest BCUT2D eigenvalue weighted by atomic mass is 32.1. The molecule has 0 unspecified atom stereocenters. The first-order valence-electron chi connectivity index (χ1n) is 6.87. The number of likely N-dealkylation sites (tertiary alicyclic amines) is 1. The third-order valence-electron chi connectivity index (χ3n) is 3.41. The van der Waals surface area contributed by atoms with Crippen molar-refractivity contribution in [1.29, 1.82) is 0 Å². The van der Waals surface area contributed by atoms with Gasteiger partial charge in [0, 0.05) is 36.0 Å². The second-order valence-electron chi connectivity index (χ2n) is 5.00. The number of hydrogen-bond donors (Lipinski definition) is 1. The van der Waals surface area contributed by atoms with Gasteiger partial charge in [0.05, 0.1) is 6.10 Å². The summed E-state index contributed by atoms with van der Waals surface area (Å²) < 4.78 is 5.82. The summed E-state index contributed by atoms with van der Waals surface area (Å²) in [6, 6.07) is 4.46. The number of aryl methyl sites for hydroxylation is 1. The molecule has 2 N–H and O–H groups in total. The summed E-state index contributed by atoms with van der Waals surface area (Å²) >= 11 is 1.91. The van der Waals surface area contributed by atoms with E-state index in [0.717, 1.165) is 52.0 Å². The fraction of sp³-hybridized carbons (Fsp3) is 0.714. The molecule has 1 aromatic heterocycles. The lowest BCUT2D eigenvalue weighted by atomic mass is 10.1. The Kier molecular flexibility index (Phi) is 5.63. The van der Waals surface area contributed by atoms with Gasteiger partial charge in [-0.1, -0.05) is 0 Å². The van der Waals surface area contributed by atoms with Crippen LogP contribution in [0.5, 0.6) is 0 Å². The van der Waals surface area contributed by atoms with Gasteiger partial charge in [-0.2, -0.15) is 0 Å². The van der Waals surface area contributed by atoms with Crippen molar-refractivity contribution in [2.45, 2.75) is 38.8 Å². The van der Waals surface area contributed by atoms with Crippen molar-refractivity contribution in [2.75, 3.05) is 26.2 Å². The molecule has 3 nitrogen and oxygen atoms in total. The fourth-order valence-corrected chi connectivity index (χ4v) is 3.29. The van der Waals surface area contributed by atoms with Crippen molar-refractivity contribution in [3.63, 3.8) is 0 Å². The topological polar surface area (TPSA) is 38.5 Å². The van der Waals surface area contributed by atoms with Gasteiger partial charge in [0.25, 0.3) is 0 Å². The minimum Gasteiger partial charge on any atom is -0.378 e. The minimum absolute atomic E-state index is 0.456. The van der Waals surface area contributed by atoms with Crippen molar-refractivity contribution in [1.82, 2.24) is 4.90 Å². The van der Waals surface area contributed by atoms with Gasteiger partial charge in [-0.3, -0.25) is 4.90 Å². The minimum atomic E-state index is 0.456. The van der Waals surface area contributed by atoms with Crippen LogP contribution in [0.2, 0.25) is 0 Å². The molecule has 0 saturated carbocycles. The van der Waals surface area contributed by atoms with Crippen LogP contribution < -0.4 is 5.73 Å². The Morgan fingerprint density at radius 3 is 2.78 bits per heavy atom. The molecule has 0 bridgehead atoms. The number of piperidine rings is 1. The van der Waals surface area contributed by atoms with Gasteiger partial charge in [-0.25, -0.2) is 0 Å². The number of rotatable bonds is 6. The average Bonchev–Trinajstić information content (AvgIpc) is 2.77. The van der Waals surface area contributed by atoms with Crippen LogP contribution in [0.1, 0.15) is 29.0 Å². The lowest BCUT2D eigenvalue weighted by Crippen LogP contribution is -2.36. The molecule has 1 aromatic rings. The molecular formula is C14H24N2OS. The van der Waals surface area contributed by atoms with Crippen molar-refractivity contribution in [2.24, 2.45) is 5.73 Å². The highest BCUT2D eigenvalue weighted by Gasteiger charge is 2.19. The van der Waals surface area contributed by atoms with Crippen LogP contribution in [0.3, 0.4) is 0 Å². The maximum atomic E-state index is 5.82. The predicted molar refractivity (Wildman–Crippen MR) is 77.0 cm³/mol. The van der Waals surface area contributed by atoms with Crippen LogP contribution in [0.4, 0.5) is 0 Å². The largest absolute Gasteiger partial charge is 0.378 e. The Bertz CT molecular complexity index is 345. The Balaban J connectivity index is 1.67. The van der Waals surface area contributed by atoms with Crippen molar-refractivity contribution >= 4 is 11.3 Å². The van der Waals surface area contributed by atoms with E-state index < -0.39 is 0 Å². The van der Waals surface area contributed by atoms with E-state index in [2.05, 4.69) is 24.0 Å². The maximum Gasteiger partial charge on any atom is 0.0599 e. The van der Waals surface area contributed by atoms with E-state index in [0.29, 0.717) is 6.10 Å². The summed E-state index contributed by atoms with van der Waals surface area (Å²) in [5.74, 6) is 0. The summed E-state index contributed by atoms with van der Waals surface area (Å²) in [6.45, 7) is 7.15. The third kappa shape index (κ3) is 4.35. The standard InChI is InChI=1S/C14H24N2OS/c1-12-3-4-14(18-12)11-16-8-5-13(6-9-16)17-10-2-7-15/h3-4,13H,2,5-11,15H2,1H3. The van der Waals surface area contributed by atoms with Gasteiger partial charge in [0.15, 0.2) is 0 Å². The molecule has 0 spiro atoms. The summed E-state index contributed by atoms with van der Waals surface area (Å²) in [5.41, 5.74) is 5.47. The fourth-order valence-electron chi connectivity index (χ4n) is 2.36. The molecule has 1 fully saturated rings. The van der Waals surface area contributed by atoms with Crippen LogP contribution in [0, 0.1) is 6.92 Å². The first kappa shape index (κ1) is 14.0. The Morgan fingerprint density at radius 2 is 2.17 bits per heavy atom. The molecule has 18 heavy (non-hydrogen) atoms. The quantitative estimate of drug-likeness (QED) is 0.805. The van der Waals surface area contributed by atoms with Gasteiger partial charge < -0.3 is 10.5 Å². The van der Waals surface area contributed by atoms with Gasteiger partial charge in [0.2, 0.25) is 0 Å². The molecule has 2 heterocycles. The van der Waals surface area contributed by atoms with Crippen molar-refractivity contribution < 1.29 is 4.74 Å². The van der Waals surface area contributed by atoms with Gasteiger partial charge in [0.1, 0.15) is 0 Å². The number of thiophene rings is 1. The molecule has 0 atom stereocenters. The average molecular weight is 268 g/mol. The predicted octanol–water partition coefficient (Wildman–Crippen LogP) is 2.39. The van der Waals surface area contributed by atoms with Crippen molar-refractivity contribution in [3.05, 3.63) is 21.9 Å². The third-order valence-corrected chi connectivity index (χ3v) is 4.40. The van der Waals surface area contributed by atoms with E-state index in [9.17, 15) is 0 Å². The van der Waals surface area contributed by atoms with Crippen LogP contribution >= 0.6 is 11.3 Å². The number of nitrogens with two attached hydrogens (primary N) is 1. The van der Waals surface area contributed by atoms with Gasteiger partial charge in [-0.05, 0) is 44.9 Å². The zero-order valence-electron chi connectivity index (χ0n) is 11.2. The summed E-state index contributed by atoms with van der Waals surface area (Å²) in [5, 5.41) is 0. The zero-order valence-corrected chi connectivity index (χ0v) is 12.0. The molecule has 2 rings (SSSR count). The molecule has 0 amide bonds. The normalized spacial score (nSPS) is 18.3. The van der Waals surface area contributed by atoms with E-state index in [-0.39, 0.29) is 0 Å². The Morgan fingerprint density at radius 1 is 1.39 bits per heavy atom. The summed E-state index contributed by atoms with van der Waals surface area (Å²) in [6.07, 6.45) is 3.76. The Hall–Kier alpha value is -0.420. The van der Waals surface area contributed by atoms with E-state index in [4.69, 9.17) is 10.5 Å². The van der Waals surface area contributed by atoms with E-state index in [1.54, 1.807) is 0 Å². The highest BCUT2D eigenvalue weighted by molar-refractivity contribution is 7.11. The van der Waals surface area contributed by atoms with E-state index in [1.807, 2.05) is 11.3 Å².